The molecule has 0 atom stereocenters. The van der Waals surface area contributed by atoms with E-state index in [0.29, 0.717) is 0 Å². The molecule has 0 bridgehead atoms. The summed E-state index contributed by atoms with van der Waals surface area (Å²) in [7, 11) is 0. The molecular formula is C10H11F3O. The highest BCUT2D eigenvalue weighted by Gasteiger charge is 2.29. The molecule has 78 valence electrons. The van der Waals surface area contributed by atoms with E-state index in [1.807, 2.05) is 12.2 Å². The molecular weight excluding hydrogens is 193 g/mol. The Morgan fingerprint density at radius 2 is 1.93 bits per heavy atom. The minimum atomic E-state index is -4.39. The van der Waals surface area contributed by atoms with Gasteiger partial charge in [-0.15, -0.1) is 0 Å². The smallest absolute Gasteiger partial charge is 0.295 e. The SMILES string of the molecule is O=C(C=CC1CC=CC1)CC(F)(F)F. The van der Waals surface area contributed by atoms with Crippen molar-refractivity contribution < 1.29 is 18.0 Å². The van der Waals surface area contributed by atoms with E-state index in [0.717, 1.165) is 18.9 Å². The molecule has 0 amide bonds. The van der Waals surface area contributed by atoms with Crippen molar-refractivity contribution in [2.75, 3.05) is 0 Å². The molecule has 0 saturated heterocycles. The summed E-state index contributed by atoms with van der Waals surface area (Å²) in [5.41, 5.74) is 0. The van der Waals surface area contributed by atoms with Gasteiger partial charge in [0.2, 0.25) is 0 Å². The zero-order valence-electron chi connectivity index (χ0n) is 7.55. The van der Waals surface area contributed by atoms with E-state index in [4.69, 9.17) is 0 Å². The van der Waals surface area contributed by atoms with Crippen LogP contribution < -0.4 is 0 Å². The third-order valence-electron chi connectivity index (χ3n) is 1.97. The second kappa shape index (κ2) is 4.44. The van der Waals surface area contributed by atoms with Crippen molar-refractivity contribution in [2.45, 2.75) is 25.4 Å². The quantitative estimate of drug-likeness (QED) is 0.510. The molecule has 0 radical (unpaired) electrons. The molecule has 0 fully saturated rings. The first-order valence-electron chi connectivity index (χ1n) is 4.40. The summed E-state index contributed by atoms with van der Waals surface area (Å²) < 4.78 is 35.2. The van der Waals surface area contributed by atoms with Gasteiger partial charge in [0.05, 0.1) is 0 Å². The van der Waals surface area contributed by atoms with E-state index < -0.39 is 18.4 Å². The molecule has 0 N–H and O–H groups in total. The van der Waals surface area contributed by atoms with Gasteiger partial charge < -0.3 is 0 Å². The average molecular weight is 204 g/mol. The van der Waals surface area contributed by atoms with Gasteiger partial charge in [-0.25, -0.2) is 0 Å². The van der Waals surface area contributed by atoms with E-state index in [9.17, 15) is 18.0 Å². The van der Waals surface area contributed by atoms with Gasteiger partial charge in [0.15, 0.2) is 5.78 Å². The number of hydrogen-bond acceptors (Lipinski definition) is 1. The number of alkyl halides is 3. The first-order valence-corrected chi connectivity index (χ1v) is 4.40. The van der Waals surface area contributed by atoms with Gasteiger partial charge in [-0.2, -0.15) is 13.2 Å². The zero-order chi connectivity index (χ0) is 10.6. The van der Waals surface area contributed by atoms with E-state index in [1.165, 1.54) is 0 Å². The number of halogens is 3. The third-order valence-corrected chi connectivity index (χ3v) is 1.97. The van der Waals surface area contributed by atoms with Crippen LogP contribution in [-0.2, 0) is 4.79 Å². The van der Waals surface area contributed by atoms with Crippen molar-refractivity contribution in [3.05, 3.63) is 24.3 Å². The lowest BCUT2D eigenvalue weighted by molar-refractivity contribution is -0.148. The average Bonchev–Trinajstić information content (AvgIpc) is 2.49. The summed E-state index contributed by atoms with van der Waals surface area (Å²) in [6.07, 6.45) is 2.41. The highest BCUT2D eigenvalue weighted by molar-refractivity contribution is 5.90. The number of rotatable bonds is 3. The topological polar surface area (TPSA) is 17.1 Å². The molecule has 0 heterocycles. The monoisotopic (exact) mass is 204 g/mol. The Morgan fingerprint density at radius 1 is 1.36 bits per heavy atom. The van der Waals surface area contributed by atoms with Crippen LogP contribution in [0, 0.1) is 5.92 Å². The van der Waals surface area contributed by atoms with Crippen LogP contribution in [0.2, 0.25) is 0 Å². The first kappa shape index (κ1) is 11.0. The number of ketones is 1. The van der Waals surface area contributed by atoms with Crippen LogP contribution >= 0.6 is 0 Å². The summed E-state index contributed by atoms with van der Waals surface area (Å²) in [6.45, 7) is 0. The summed E-state index contributed by atoms with van der Waals surface area (Å²) in [5.74, 6) is -0.670. The molecule has 1 rings (SSSR count). The summed E-state index contributed by atoms with van der Waals surface area (Å²) in [5, 5.41) is 0. The largest absolute Gasteiger partial charge is 0.396 e. The minimum absolute atomic E-state index is 0.201. The van der Waals surface area contributed by atoms with E-state index >= 15 is 0 Å². The predicted octanol–water partition coefficient (Wildman–Crippen LogP) is 3.03. The fourth-order valence-corrected chi connectivity index (χ4v) is 1.30. The van der Waals surface area contributed by atoms with Crippen molar-refractivity contribution >= 4 is 5.78 Å². The Hall–Kier alpha value is -1.06. The van der Waals surface area contributed by atoms with Crippen LogP contribution in [0.1, 0.15) is 19.3 Å². The van der Waals surface area contributed by atoms with Crippen LogP contribution in [0.25, 0.3) is 0 Å². The summed E-state index contributed by atoms with van der Waals surface area (Å²) >= 11 is 0. The normalized spacial score (nSPS) is 18.2. The van der Waals surface area contributed by atoms with Crippen molar-refractivity contribution in [2.24, 2.45) is 5.92 Å². The van der Waals surface area contributed by atoms with Gasteiger partial charge in [0.25, 0.3) is 0 Å². The Bertz CT molecular complexity index is 255. The first-order chi connectivity index (χ1) is 6.47. The Labute approximate surface area is 80.3 Å². The molecule has 0 aliphatic heterocycles. The maximum absolute atomic E-state index is 11.7. The van der Waals surface area contributed by atoms with Crippen molar-refractivity contribution in [1.82, 2.24) is 0 Å². The molecule has 0 saturated carbocycles. The van der Waals surface area contributed by atoms with Gasteiger partial charge in [0.1, 0.15) is 6.42 Å². The lowest BCUT2D eigenvalue weighted by Crippen LogP contribution is -2.13. The van der Waals surface area contributed by atoms with Crippen molar-refractivity contribution in [3.63, 3.8) is 0 Å². The molecule has 4 heteroatoms. The molecule has 14 heavy (non-hydrogen) atoms. The van der Waals surface area contributed by atoms with Crippen LogP contribution in [0.4, 0.5) is 13.2 Å². The Morgan fingerprint density at radius 3 is 2.43 bits per heavy atom. The molecule has 1 aliphatic carbocycles. The van der Waals surface area contributed by atoms with Crippen LogP contribution in [-0.4, -0.2) is 12.0 Å². The number of hydrogen-bond donors (Lipinski definition) is 0. The lowest BCUT2D eigenvalue weighted by atomic mass is 10.1. The maximum atomic E-state index is 11.7. The van der Waals surface area contributed by atoms with Gasteiger partial charge in [-0.05, 0) is 24.8 Å². The number of carbonyl (C=O) groups is 1. The standard InChI is InChI=1S/C10H11F3O/c11-10(12,13)7-9(14)6-5-8-3-1-2-4-8/h1-2,5-6,8H,3-4,7H2. The Balaban J connectivity index is 2.33. The Kier molecular flexibility index (Phi) is 3.49. The predicted molar refractivity (Wildman–Crippen MR) is 46.7 cm³/mol. The van der Waals surface area contributed by atoms with Crippen LogP contribution in [0.15, 0.2) is 24.3 Å². The van der Waals surface area contributed by atoms with Crippen LogP contribution in [0.3, 0.4) is 0 Å². The molecule has 1 aliphatic rings. The highest BCUT2D eigenvalue weighted by Crippen LogP contribution is 2.21. The van der Waals surface area contributed by atoms with E-state index in [1.54, 1.807) is 6.08 Å². The van der Waals surface area contributed by atoms with Gasteiger partial charge in [0, 0.05) is 0 Å². The lowest BCUT2D eigenvalue weighted by Gasteiger charge is -2.03. The van der Waals surface area contributed by atoms with E-state index in [2.05, 4.69) is 0 Å². The molecule has 1 nitrogen and oxygen atoms in total. The highest BCUT2D eigenvalue weighted by atomic mass is 19.4. The van der Waals surface area contributed by atoms with Gasteiger partial charge >= 0.3 is 6.18 Å². The van der Waals surface area contributed by atoms with Crippen molar-refractivity contribution in [3.8, 4) is 0 Å². The summed E-state index contributed by atoms with van der Waals surface area (Å²) in [4.78, 5) is 10.8. The third kappa shape index (κ3) is 4.25. The molecule has 0 aromatic carbocycles. The minimum Gasteiger partial charge on any atom is -0.295 e. The second-order valence-electron chi connectivity index (χ2n) is 3.32. The molecule has 0 spiro atoms. The fraction of sp³-hybridized carbons (Fsp3) is 0.500. The van der Waals surface area contributed by atoms with Gasteiger partial charge in [-0.1, -0.05) is 18.2 Å². The zero-order valence-corrected chi connectivity index (χ0v) is 7.55. The molecule has 0 aromatic heterocycles. The molecule has 0 aromatic rings. The van der Waals surface area contributed by atoms with Crippen molar-refractivity contribution in [1.29, 1.82) is 0 Å². The second-order valence-corrected chi connectivity index (χ2v) is 3.32. The maximum Gasteiger partial charge on any atom is 0.396 e. The van der Waals surface area contributed by atoms with Gasteiger partial charge in [-0.3, -0.25) is 4.79 Å². The number of carbonyl (C=O) groups excluding carboxylic acids is 1. The van der Waals surface area contributed by atoms with E-state index in [-0.39, 0.29) is 5.92 Å². The van der Waals surface area contributed by atoms with Crippen LogP contribution in [0.5, 0.6) is 0 Å². The number of allylic oxidation sites excluding steroid dienone is 4. The summed E-state index contributed by atoms with van der Waals surface area (Å²) in [6, 6.07) is 0. The fourth-order valence-electron chi connectivity index (χ4n) is 1.30. The molecule has 0 unspecified atom stereocenters.